The van der Waals surface area contributed by atoms with Gasteiger partial charge in [0, 0.05) is 47.9 Å². The van der Waals surface area contributed by atoms with Crippen molar-refractivity contribution in [2.45, 2.75) is 0 Å². The molecule has 1 heterocycles. The van der Waals surface area contributed by atoms with E-state index in [1.807, 2.05) is 18.2 Å². The van der Waals surface area contributed by atoms with Gasteiger partial charge in [-0.2, -0.15) is 0 Å². The van der Waals surface area contributed by atoms with Crippen LogP contribution in [0.1, 0.15) is 15.9 Å². The van der Waals surface area contributed by atoms with Crippen LogP contribution in [0.15, 0.2) is 53.0 Å². The van der Waals surface area contributed by atoms with Gasteiger partial charge in [0.05, 0.1) is 14.2 Å². The molecule has 7 heteroatoms. The second-order valence-electron chi connectivity index (χ2n) is 6.57. The third-order valence-corrected chi connectivity index (χ3v) is 5.29. The van der Waals surface area contributed by atoms with Crippen molar-refractivity contribution in [3.8, 4) is 11.5 Å². The van der Waals surface area contributed by atoms with Crippen LogP contribution in [0.25, 0.3) is 6.08 Å². The maximum Gasteiger partial charge on any atom is 0.254 e. The van der Waals surface area contributed by atoms with E-state index in [0.717, 1.165) is 10.0 Å². The van der Waals surface area contributed by atoms with Gasteiger partial charge in [-0.15, -0.1) is 0 Å². The highest BCUT2D eigenvalue weighted by molar-refractivity contribution is 9.10. The lowest BCUT2D eigenvalue weighted by molar-refractivity contribution is -0.127. The zero-order valence-corrected chi connectivity index (χ0v) is 18.0. The van der Waals surface area contributed by atoms with Gasteiger partial charge in [0.15, 0.2) is 0 Å². The van der Waals surface area contributed by atoms with Gasteiger partial charge >= 0.3 is 0 Å². The predicted molar refractivity (Wildman–Crippen MR) is 115 cm³/mol. The first kappa shape index (κ1) is 20.9. The Morgan fingerprint density at radius 1 is 0.966 bits per heavy atom. The number of piperazine rings is 1. The summed E-state index contributed by atoms with van der Waals surface area (Å²) in [7, 11) is 3.17. The molecule has 0 bridgehead atoms. The van der Waals surface area contributed by atoms with Crippen molar-refractivity contribution in [1.82, 2.24) is 9.80 Å². The van der Waals surface area contributed by atoms with E-state index in [1.54, 1.807) is 60.4 Å². The summed E-state index contributed by atoms with van der Waals surface area (Å²) in [5.74, 6) is 1.22. The van der Waals surface area contributed by atoms with Crippen LogP contribution in [0.4, 0.5) is 0 Å². The first-order valence-electron chi connectivity index (χ1n) is 9.25. The number of ether oxygens (including phenoxy) is 2. The molecule has 0 aromatic heterocycles. The number of nitrogens with zero attached hydrogens (tertiary/aromatic N) is 2. The van der Waals surface area contributed by atoms with E-state index >= 15 is 0 Å². The third kappa shape index (κ3) is 5.17. The molecule has 1 fully saturated rings. The first-order chi connectivity index (χ1) is 14.0. The second kappa shape index (κ2) is 9.60. The average molecular weight is 459 g/mol. The average Bonchev–Trinajstić information content (AvgIpc) is 2.77. The van der Waals surface area contributed by atoms with Gasteiger partial charge in [0.2, 0.25) is 5.91 Å². The Labute approximate surface area is 178 Å². The Kier molecular flexibility index (Phi) is 6.93. The summed E-state index contributed by atoms with van der Waals surface area (Å²) in [4.78, 5) is 28.8. The van der Waals surface area contributed by atoms with Crippen LogP contribution in [-0.2, 0) is 4.79 Å². The highest BCUT2D eigenvalue weighted by Gasteiger charge is 2.24. The topological polar surface area (TPSA) is 59.1 Å². The summed E-state index contributed by atoms with van der Waals surface area (Å²) in [6.45, 7) is 1.98. The monoisotopic (exact) mass is 458 g/mol. The molecule has 2 aromatic rings. The van der Waals surface area contributed by atoms with E-state index in [2.05, 4.69) is 15.9 Å². The molecule has 0 aliphatic carbocycles. The zero-order chi connectivity index (χ0) is 20.8. The molecular formula is C22H23BrN2O4. The molecule has 2 amide bonds. The number of hydrogen-bond donors (Lipinski definition) is 0. The molecule has 1 saturated heterocycles. The maximum atomic E-state index is 12.7. The normalized spacial score (nSPS) is 14.2. The summed E-state index contributed by atoms with van der Waals surface area (Å²) in [6.07, 6.45) is 3.30. The summed E-state index contributed by atoms with van der Waals surface area (Å²) in [5.41, 5.74) is 1.41. The molecule has 0 saturated carbocycles. The van der Waals surface area contributed by atoms with Crippen molar-refractivity contribution < 1.29 is 19.1 Å². The minimum atomic E-state index is -0.0829. The molecule has 0 spiro atoms. The molecule has 0 atom stereocenters. The lowest BCUT2D eigenvalue weighted by Crippen LogP contribution is -2.50. The van der Waals surface area contributed by atoms with E-state index in [9.17, 15) is 9.59 Å². The molecule has 1 aliphatic heterocycles. The van der Waals surface area contributed by atoms with E-state index in [-0.39, 0.29) is 11.8 Å². The van der Waals surface area contributed by atoms with Crippen molar-refractivity contribution >= 4 is 33.8 Å². The zero-order valence-electron chi connectivity index (χ0n) is 16.4. The van der Waals surface area contributed by atoms with Crippen molar-refractivity contribution in [3.05, 3.63) is 64.1 Å². The van der Waals surface area contributed by atoms with E-state index in [0.29, 0.717) is 43.2 Å². The molecular weight excluding hydrogens is 436 g/mol. The van der Waals surface area contributed by atoms with Gasteiger partial charge in [-0.05, 0) is 42.5 Å². The van der Waals surface area contributed by atoms with Gasteiger partial charge in [0.1, 0.15) is 11.5 Å². The summed E-state index contributed by atoms with van der Waals surface area (Å²) in [5, 5.41) is 0. The number of hydrogen-bond acceptors (Lipinski definition) is 4. The number of halogens is 1. The van der Waals surface area contributed by atoms with Crippen LogP contribution in [0, 0.1) is 0 Å². The first-order valence-corrected chi connectivity index (χ1v) is 10.0. The Balaban J connectivity index is 1.59. The van der Waals surface area contributed by atoms with Crippen LogP contribution in [0.2, 0.25) is 0 Å². The van der Waals surface area contributed by atoms with E-state index in [1.165, 1.54) is 0 Å². The molecule has 152 valence electrons. The lowest BCUT2D eigenvalue weighted by atomic mass is 10.1. The van der Waals surface area contributed by atoms with Gasteiger partial charge in [0.25, 0.3) is 5.91 Å². The van der Waals surface area contributed by atoms with Crippen LogP contribution in [0.3, 0.4) is 0 Å². The van der Waals surface area contributed by atoms with Gasteiger partial charge in [-0.3, -0.25) is 9.59 Å². The van der Waals surface area contributed by atoms with Crippen molar-refractivity contribution in [1.29, 1.82) is 0 Å². The number of rotatable bonds is 5. The highest BCUT2D eigenvalue weighted by atomic mass is 79.9. The molecule has 0 unspecified atom stereocenters. The number of amides is 2. The second-order valence-corrected chi connectivity index (χ2v) is 7.48. The van der Waals surface area contributed by atoms with Crippen LogP contribution in [-0.4, -0.2) is 62.0 Å². The smallest absolute Gasteiger partial charge is 0.254 e. The largest absolute Gasteiger partial charge is 0.497 e. The Hall–Kier alpha value is -2.80. The minimum Gasteiger partial charge on any atom is -0.497 e. The Morgan fingerprint density at radius 3 is 2.38 bits per heavy atom. The molecule has 3 rings (SSSR count). The molecule has 0 radical (unpaired) electrons. The standard InChI is InChI=1S/C22H23BrN2O4/c1-28-19-5-3-4-17(15-19)22(27)25-12-10-24(11-13-25)21(26)9-6-16-14-18(23)7-8-20(16)29-2/h3-9,14-15H,10-13H2,1-2H3/b9-6+. The molecule has 1 aliphatic rings. The summed E-state index contributed by atoms with van der Waals surface area (Å²) >= 11 is 3.43. The fourth-order valence-electron chi connectivity index (χ4n) is 3.17. The Bertz CT molecular complexity index is 921. The third-order valence-electron chi connectivity index (χ3n) is 4.79. The minimum absolute atomic E-state index is 0.0505. The lowest BCUT2D eigenvalue weighted by Gasteiger charge is -2.34. The van der Waals surface area contributed by atoms with E-state index < -0.39 is 0 Å². The number of methoxy groups -OCH3 is 2. The van der Waals surface area contributed by atoms with Gasteiger partial charge in [-0.25, -0.2) is 0 Å². The molecule has 6 nitrogen and oxygen atoms in total. The van der Waals surface area contributed by atoms with Crippen molar-refractivity contribution in [2.24, 2.45) is 0 Å². The number of benzene rings is 2. The highest BCUT2D eigenvalue weighted by Crippen LogP contribution is 2.24. The van der Waals surface area contributed by atoms with Crippen LogP contribution < -0.4 is 9.47 Å². The number of carbonyl (C=O) groups excluding carboxylic acids is 2. The number of carbonyl (C=O) groups is 2. The molecule has 2 aromatic carbocycles. The van der Waals surface area contributed by atoms with Crippen molar-refractivity contribution in [2.75, 3.05) is 40.4 Å². The SMILES string of the molecule is COc1cccc(C(=O)N2CCN(C(=O)/C=C/c3cc(Br)ccc3OC)CC2)c1. The Morgan fingerprint density at radius 2 is 1.69 bits per heavy atom. The predicted octanol–water partition coefficient (Wildman–Crippen LogP) is 3.46. The molecule has 29 heavy (non-hydrogen) atoms. The van der Waals surface area contributed by atoms with Crippen LogP contribution in [0.5, 0.6) is 11.5 Å². The quantitative estimate of drug-likeness (QED) is 0.643. The summed E-state index contributed by atoms with van der Waals surface area (Å²) in [6, 6.07) is 12.7. The fraction of sp³-hybridized carbons (Fsp3) is 0.273. The van der Waals surface area contributed by atoms with E-state index in [4.69, 9.17) is 9.47 Å². The summed E-state index contributed by atoms with van der Waals surface area (Å²) < 4.78 is 11.4. The van der Waals surface area contributed by atoms with Gasteiger partial charge < -0.3 is 19.3 Å². The fourth-order valence-corrected chi connectivity index (χ4v) is 3.55. The van der Waals surface area contributed by atoms with Gasteiger partial charge in [-0.1, -0.05) is 22.0 Å². The van der Waals surface area contributed by atoms with Crippen molar-refractivity contribution in [3.63, 3.8) is 0 Å². The molecule has 0 N–H and O–H groups in total. The maximum absolute atomic E-state index is 12.7. The van der Waals surface area contributed by atoms with Crippen LogP contribution >= 0.6 is 15.9 Å².